The molecule has 4 nitrogen and oxygen atoms in total. The molecule has 0 saturated carbocycles. The fourth-order valence-electron chi connectivity index (χ4n) is 1.83. The summed E-state index contributed by atoms with van der Waals surface area (Å²) >= 11 is 3.09. The summed E-state index contributed by atoms with van der Waals surface area (Å²) in [4.78, 5) is 12.3. The lowest BCUT2D eigenvalue weighted by molar-refractivity contribution is 0.102. The molecule has 0 fully saturated rings. The van der Waals surface area contributed by atoms with Crippen molar-refractivity contribution in [1.82, 2.24) is 0 Å². The summed E-state index contributed by atoms with van der Waals surface area (Å²) < 4.78 is 18.7. The first-order valence-corrected chi connectivity index (χ1v) is 6.92. The van der Waals surface area contributed by atoms with Crippen LogP contribution in [-0.2, 0) is 0 Å². The monoisotopic (exact) mass is 352 g/mol. The van der Waals surface area contributed by atoms with Crippen molar-refractivity contribution in [2.45, 2.75) is 6.92 Å². The van der Waals surface area contributed by atoms with Gasteiger partial charge in [-0.25, -0.2) is 4.39 Å². The number of carbonyl (C=O) groups excluding carboxylic acids is 1. The Kier molecular flexibility index (Phi) is 4.47. The van der Waals surface area contributed by atoms with Crippen molar-refractivity contribution >= 4 is 33.2 Å². The van der Waals surface area contributed by atoms with E-state index >= 15 is 0 Å². The highest BCUT2D eigenvalue weighted by Gasteiger charge is 2.13. The first-order chi connectivity index (χ1) is 9.92. The van der Waals surface area contributed by atoms with Crippen molar-refractivity contribution in [2.24, 2.45) is 0 Å². The zero-order valence-electron chi connectivity index (χ0n) is 11.5. The second-order valence-corrected chi connectivity index (χ2v) is 5.34. The summed E-state index contributed by atoms with van der Waals surface area (Å²) in [5.74, 6) is -0.231. The minimum absolute atomic E-state index is 0.280. The SMILES string of the molecule is COc1ccc(N)c(C(=O)Nc2cc(Br)c(F)cc2C)c1. The van der Waals surface area contributed by atoms with Crippen LogP contribution in [0, 0.1) is 12.7 Å². The molecule has 2 aromatic rings. The molecule has 1 amide bonds. The van der Waals surface area contributed by atoms with Gasteiger partial charge in [0.2, 0.25) is 0 Å². The second-order valence-electron chi connectivity index (χ2n) is 4.49. The molecule has 110 valence electrons. The van der Waals surface area contributed by atoms with Crippen LogP contribution in [0.3, 0.4) is 0 Å². The predicted octanol–water partition coefficient (Wildman–Crippen LogP) is 3.74. The van der Waals surface area contributed by atoms with Gasteiger partial charge in [0.1, 0.15) is 11.6 Å². The van der Waals surface area contributed by atoms with Gasteiger partial charge in [-0.15, -0.1) is 0 Å². The van der Waals surface area contributed by atoms with E-state index in [2.05, 4.69) is 21.2 Å². The molecule has 0 heterocycles. The van der Waals surface area contributed by atoms with Crippen LogP contribution in [0.2, 0.25) is 0 Å². The molecule has 21 heavy (non-hydrogen) atoms. The maximum atomic E-state index is 13.4. The topological polar surface area (TPSA) is 64.3 Å². The molecule has 6 heteroatoms. The van der Waals surface area contributed by atoms with Gasteiger partial charge in [0.15, 0.2) is 0 Å². The third kappa shape index (κ3) is 3.33. The number of hydrogen-bond donors (Lipinski definition) is 2. The highest BCUT2D eigenvalue weighted by molar-refractivity contribution is 9.10. The number of rotatable bonds is 3. The van der Waals surface area contributed by atoms with E-state index < -0.39 is 0 Å². The van der Waals surface area contributed by atoms with Gasteiger partial charge in [-0.1, -0.05) is 0 Å². The van der Waals surface area contributed by atoms with Crippen molar-refractivity contribution in [3.8, 4) is 5.75 Å². The number of halogens is 2. The maximum Gasteiger partial charge on any atom is 0.257 e. The molecule has 0 aliphatic carbocycles. The molecule has 0 radical (unpaired) electrons. The quantitative estimate of drug-likeness (QED) is 0.827. The smallest absolute Gasteiger partial charge is 0.257 e. The fraction of sp³-hybridized carbons (Fsp3) is 0.133. The Labute approximate surface area is 130 Å². The van der Waals surface area contributed by atoms with E-state index in [0.29, 0.717) is 28.3 Å². The van der Waals surface area contributed by atoms with Gasteiger partial charge in [-0.3, -0.25) is 4.79 Å². The molecule has 2 aromatic carbocycles. The number of nitrogen functional groups attached to an aromatic ring is 1. The van der Waals surface area contributed by atoms with E-state index in [0.717, 1.165) is 0 Å². The summed E-state index contributed by atoms with van der Waals surface area (Å²) in [6.07, 6.45) is 0. The third-order valence-corrected chi connectivity index (χ3v) is 3.63. The van der Waals surface area contributed by atoms with Crippen LogP contribution in [0.4, 0.5) is 15.8 Å². The number of nitrogens with two attached hydrogens (primary N) is 1. The molecule has 0 aromatic heterocycles. The Morgan fingerprint density at radius 2 is 2.05 bits per heavy atom. The van der Waals surface area contributed by atoms with Crippen LogP contribution in [-0.4, -0.2) is 13.0 Å². The van der Waals surface area contributed by atoms with Gasteiger partial charge < -0.3 is 15.8 Å². The van der Waals surface area contributed by atoms with Gasteiger partial charge in [-0.05, 0) is 58.7 Å². The van der Waals surface area contributed by atoms with Gasteiger partial charge in [0, 0.05) is 11.4 Å². The summed E-state index contributed by atoms with van der Waals surface area (Å²) in [5, 5.41) is 2.72. The molecule has 0 saturated heterocycles. The van der Waals surface area contributed by atoms with Crippen molar-refractivity contribution in [1.29, 1.82) is 0 Å². The van der Waals surface area contributed by atoms with Crippen LogP contribution in [0.15, 0.2) is 34.8 Å². The van der Waals surface area contributed by atoms with E-state index in [1.165, 1.54) is 19.2 Å². The number of amides is 1. The molecule has 0 bridgehead atoms. The van der Waals surface area contributed by atoms with Crippen molar-refractivity contribution in [3.63, 3.8) is 0 Å². The van der Waals surface area contributed by atoms with Crippen molar-refractivity contribution in [2.75, 3.05) is 18.2 Å². The molecular weight excluding hydrogens is 339 g/mol. The van der Waals surface area contributed by atoms with E-state index in [1.54, 1.807) is 25.1 Å². The van der Waals surface area contributed by atoms with Crippen LogP contribution >= 0.6 is 15.9 Å². The Morgan fingerprint density at radius 3 is 2.71 bits per heavy atom. The van der Waals surface area contributed by atoms with Gasteiger partial charge in [-0.2, -0.15) is 0 Å². The Morgan fingerprint density at radius 1 is 1.33 bits per heavy atom. The lowest BCUT2D eigenvalue weighted by Crippen LogP contribution is -2.15. The zero-order valence-corrected chi connectivity index (χ0v) is 13.1. The summed E-state index contributed by atoms with van der Waals surface area (Å²) in [5.41, 5.74) is 7.57. The highest BCUT2D eigenvalue weighted by atomic mass is 79.9. The Bertz CT molecular complexity index is 704. The largest absolute Gasteiger partial charge is 0.497 e. The van der Waals surface area contributed by atoms with Crippen LogP contribution in [0.1, 0.15) is 15.9 Å². The summed E-state index contributed by atoms with van der Waals surface area (Å²) in [6.45, 7) is 1.71. The number of nitrogens with one attached hydrogen (secondary N) is 1. The number of ether oxygens (including phenoxy) is 1. The third-order valence-electron chi connectivity index (χ3n) is 3.02. The molecule has 0 spiro atoms. The van der Waals surface area contributed by atoms with Gasteiger partial charge >= 0.3 is 0 Å². The normalized spacial score (nSPS) is 10.3. The first kappa shape index (κ1) is 15.3. The molecule has 0 aliphatic rings. The lowest BCUT2D eigenvalue weighted by Gasteiger charge is -2.12. The molecule has 2 rings (SSSR count). The molecule has 3 N–H and O–H groups in total. The molecule has 0 atom stereocenters. The predicted molar refractivity (Wildman–Crippen MR) is 84.2 cm³/mol. The number of aryl methyl sites for hydroxylation is 1. The second kappa shape index (κ2) is 6.13. The maximum absolute atomic E-state index is 13.4. The average molecular weight is 353 g/mol. The van der Waals surface area contributed by atoms with Crippen LogP contribution in [0.25, 0.3) is 0 Å². The fourth-order valence-corrected chi connectivity index (χ4v) is 2.17. The van der Waals surface area contributed by atoms with Crippen LogP contribution in [0.5, 0.6) is 5.75 Å². The van der Waals surface area contributed by atoms with Crippen molar-refractivity contribution in [3.05, 3.63) is 51.7 Å². The van der Waals surface area contributed by atoms with E-state index in [1.807, 2.05) is 0 Å². The molecule has 0 unspecified atom stereocenters. The van der Waals surface area contributed by atoms with Crippen LogP contribution < -0.4 is 15.8 Å². The van der Waals surface area contributed by atoms with E-state index in [4.69, 9.17) is 10.5 Å². The van der Waals surface area contributed by atoms with E-state index in [-0.39, 0.29) is 16.2 Å². The van der Waals surface area contributed by atoms with Gasteiger partial charge in [0.25, 0.3) is 5.91 Å². The molecule has 0 aliphatic heterocycles. The number of benzene rings is 2. The lowest BCUT2D eigenvalue weighted by atomic mass is 10.1. The first-order valence-electron chi connectivity index (χ1n) is 6.13. The minimum Gasteiger partial charge on any atom is -0.497 e. The van der Waals surface area contributed by atoms with E-state index in [9.17, 15) is 9.18 Å². The zero-order chi connectivity index (χ0) is 15.6. The van der Waals surface area contributed by atoms with Crippen molar-refractivity contribution < 1.29 is 13.9 Å². The summed E-state index contributed by atoms with van der Waals surface area (Å²) in [6, 6.07) is 7.68. The summed E-state index contributed by atoms with van der Waals surface area (Å²) in [7, 11) is 1.51. The standard InChI is InChI=1S/C15H14BrFN2O2/c1-8-5-12(17)11(16)7-14(8)19-15(20)10-6-9(21-2)3-4-13(10)18/h3-7H,18H2,1-2H3,(H,19,20). The number of methoxy groups -OCH3 is 1. The number of anilines is 2. The minimum atomic E-state index is -0.383. The Balaban J connectivity index is 2.32. The average Bonchev–Trinajstić information content (AvgIpc) is 2.45. The number of hydrogen-bond acceptors (Lipinski definition) is 3. The highest BCUT2D eigenvalue weighted by Crippen LogP contribution is 2.26. The Hall–Kier alpha value is -2.08. The van der Waals surface area contributed by atoms with Gasteiger partial charge in [0.05, 0.1) is 17.1 Å². The number of carbonyl (C=O) groups is 1. The molecular formula is C15H14BrFN2O2.